The summed E-state index contributed by atoms with van der Waals surface area (Å²) in [6, 6.07) is 22.0. The van der Waals surface area contributed by atoms with Crippen LogP contribution in [0.2, 0.25) is 0 Å². The Labute approximate surface area is 142 Å². The molecule has 3 aromatic rings. The van der Waals surface area contributed by atoms with Crippen LogP contribution in [0.3, 0.4) is 0 Å². The Bertz CT molecular complexity index is 818. The Morgan fingerprint density at radius 1 is 0.652 bits per heavy atom. The molecule has 0 N–H and O–H groups in total. The van der Waals surface area contributed by atoms with Gasteiger partial charge in [-0.25, -0.2) is 0 Å². The van der Waals surface area contributed by atoms with Crippen molar-refractivity contribution in [3.63, 3.8) is 0 Å². The van der Waals surface area contributed by atoms with Gasteiger partial charge in [-0.1, -0.05) is 0 Å². The average molecular weight is 412 g/mol. The van der Waals surface area contributed by atoms with E-state index >= 15 is 0 Å². The number of rotatable bonds is 3. The summed E-state index contributed by atoms with van der Waals surface area (Å²) in [4.78, 5) is 0. The van der Waals surface area contributed by atoms with Gasteiger partial charge in [-0.05, 0) is 0 Å². The monoisotopic (exact) mass is 412 g/mol. The van der Waals surface area contributed by atoms with E-state index in [1.54, 1.807) is 0 Å². The molecule has 0 saturated carbocycles. The second kappa shape index (κ2) is 6.99. The topological polar surface area (TPSA) is 55.3 Å². The number of aromatic nitrogens is 2. The van der Waals surface area contributed by atoms with Crippen LogP contribution in [0.15, 0.2) is 79.4 Å². The van der Waals surface area contributed by atoms with E-state index in [1.807, 2.05) is 67.3 Å². The van der Waals surface area contributed by atoms with Crippen LogP contribution in [0.25, 0.3) is 0 Å². The van der Waals surface area contributed by atoms with Gasteiger partial charge in [0.1, 0.15) is 0 Å². The Morgan fingerprint density at radius 2 is 1.09 bits per heavy atom. The number of halogens is 1. The van der Waals surface area contributed by atoms with Crippen molar-refractivity contribution in [2.45, 2.75) is 0 Å². The van der Waals surface area contributed by atoms with Gasteiger partial charge in [0.25, 0.3) is 0 Å². The van der Waals surface area contributed by atoms with Crippen LogP contribution in [-0.2, 0) is 0 Å². The molecule has 4 nitrogen and oxygen atoms in total. The SMILES string of the molecule is N#Cc1cc[n+](I(c2ccccc2)[n+]2ccc(C#N)cc2)cc1. The molecule has 0 amide bonds. The van der Waals surface area contributed by atoms with Crippen molar-refractivity contribution in [2.24, 2.45) is 0 Å². The van der Waals surface area contributed by atoms with Gasteiger partial charge >= 0.3 is 143 Å². The summed E-state index contributed by atoms with van der Waals surface area (Å²) < 4.78 is 5.64. The minimum absolute atomic E-state index is 0.648. The van der Waals surface area contributed by atoms with E-state index in [0.717, 1.165) is 0 Å². The Balaban J connectivity index is 2.09. The van der Waals surface area contributed by atoms with Crippen molar-refractivity contribution in [3.05, 3.63) is 94.1 Å². The molecule has 1 aromatic carbocycles. The molecule has 0 atom stereocenters. The van der Waals surface area contributed by atoms with Gasteiger partial charge in [-0.15, -0.1) is 0 Å². The van der Waals surface area contributed by atoms with E-state index in [9.17, 15) is 0 Å². The first-order valence-electron chi connectivity index (χ1n) is 6.91. The van der Waals surface area contributed by atoms with E-state index in [0.29, 0.717) is 11.1 Å². The third kappa shape index (κ3) is 3.36. The fraction of sp³-hybridized carbons (Fsp3) is 0. The molecule has 0 fully saturated rings. The van der Waals surface area contributed by atoms with Gasteiger partial charge in [0, 0.05) is 0 Å². The molecule has 0 bridgehead atoms. The second-order valence-electron chi connectivity index (χ2n) is 4.63. The fourth-order valence-electron chi connectivity index (χ4n) is 2.03. The van der Waals surface area contributed by atoms with Crippen LogP contribution in [0.4, 0.5) is 0 Å². The van der Waals surface area contributed by atoms with Gasteiger partial charge in [0.2, 0.25) is 0 Å². The molecular formula is C18H13IN4+2. The normalized spacial score (nSPS) is 10.4. The molecule has 0 radical (unpaired) electrons. The predicted octanol–water partition coefficient (Wildman–Crippen LogP) is 2.61. The van der Waals surface area contributed by atoms with Gasteiger partial charge < -0.3 is 0 Å². The summed E-state index contributed by atoms with van der Waals surface area (Å²) in [6.07, 6.45) is 7.84. The summed E-state index contributed by atoms with van der Waals surface area (Å²) in [5.74, 6) is 0. The molecule has 3 rings (SSSR count). The Kier molecular flexibility index (Phi) is 4.60. The average Bonchev–Trinajstić information content (AvgIpc) is 2.64. The van der Waals surface area contributed by atoms with Crippen LogP contribution >= 0.6 is 20.4 Å². The molecule has 0 saturated heterocycles. The minimum atomic E-state index is -1.97. The van der Waals surface area contributed by atoms with Crippen molar-refractivity contribution < 1.29 is 5.56 Å². The summed E-state index contributed by atoms with van der Waals surface area (Å²) in [6.45, 7) is 0. The molecular weight excluding hydrogens is 399 g/mol. The van der Waals surface area contributed by atoms with E-state index < -0.39 is 20.4 Å². The van der Waals surface area contributed by atoms with Crippen molar-refractivity contribution in [2.75, 3.05) is 0 Å². The quantitative estimate of drug-likeness (QED) is 0.622. The third-order valence-electron chi connectivity index (χ3n) is 3.14. The first-order chi connectivity index (χ1) is 11.3. The van der Waals surface area contributed by atoms with Crippen LogP contribution < -0.4 is 5.56 Å². The Hall–Kier alpha value is -2.77. The van der Waals surface area contributed by atoms with Crippen molar-refractivity contribution in [3.8, 4) is 12.1 Å². The van der Waals surface area contributed by atoms with Gasteiger partial charge in [0.05, 0.1) is 0 Å². The molecule has 23 heavy (non-hydrogen) atoms. The zero-order valence-corrected chi connectivity index (χ0v) is 14.3. The Morgan fingerprint density at radius 3 is 1.48 bits per heavy atom. The standard InChI is InChI=1S/C18H13IN4/c20-14-16-6-10-22(11-7-16)19(18-4-2-1-3-5-18)23-12-8-17(15-21)9-13-23/h1-13H/q+2. The summed E-state index contributed by atoms with van der Waals surface area (Å²) in [7, 11) is 0. The zero-order chi connectivity index (χ0) is 16.1. The molecule has 0 aliphatic carbocycles. The van der Waals surface area contributed by atoms with Crippen molar-refractivity contribution in [1.29, 1.82) is 10.5 Å². The maximum absolute atomic E-state index is 8.98. The fourth-order valence-corrected chi connectivity index (χ4v) is 6.81. The van der Waals surface area contributed by atoms with Gasteiger partial charge in [-0.3, -0.25) is 0 Å². The summed E-state index contributed by atoms with van der Waals surface area (Å²) in [5.41, 5.74) is 1.30. The van der Waals surface area contributed by atoms with Crippen LogP contribution in [0.1, 0.15) is 11.1 Å². The summed E-state index contributed by atoms with van der Waals surface area (Å²) in [5, 5.41) is 18.0. The van der Waals surface area contributed by atoms with E-state index in [-0.39, 0.29) is 0 Å². The molecule has 5 heteroatoms. The van der Waals surface area contributed by atoms with Crippen molar-refractivity contribution >= 4 is 20.4 Å². The van der Waals surface area contributed by atoms with Crippen LogP contribution in [-0.4, -0.2) is 0 Å². The van der Waals surface area contributed by atoms with E-state index in [1.165, 1.54) is 3.57 Å². The number of nitriles is 2. The second-order valence-corrected chi connectivity index (χ2v) is 9.50. The molecule has 0 aliphatic rings. The first kappa shape index (κ1) is 15.1. The van der Waals surface area contributed by atoms with E-state index in [4.69, 9.17) is 10.5 Å². The summed E-state index contributed by atoms with van der Waals surface area (Å²) >= 11 is -1.97. The molecule has 2 aromatic heterocycles. The van der Waals surface area contributed by atoms with Crippen LogP contribution in [0, 0.1) is 26.2 Å². The molecule has 2 heterocycles. The number of benzene rings is 1. The predicted molar refractivity (Wildman–Crippen MR) is 92.7 cm³/mol. The third-order valence-corrected chi connectivity index (χ3v) is 8.37. The van der Waals surface area contributed by atoms with Gasteiger partial charge in [0.15, 0.2) is 0 Å². The number of hydrogen-bond acceptors (Lipinski definition) is 2. The number of pyridine rings is 2. The van der Waals surface area contributed by atoms with Gasteiger partial charge in [-0.2, -0.15) is 0 Å². The van der Waals surface area contributed by atoms with E-state index in [2.05, 4.69) is 29.8 Å². The van der Waals surface area contributed by atoms with Crippen LogP contribution in [0.5, 0.6) is 0 Å². The number of hydrogen-bond donors (Lipinski definition) is 0. The molecule has 0 unspecified atom stereocenters. The number of nitrogens with zero attached hydrogens (tertiary/aromatic N) is 4. The zero-order valence-electron chi connectivity index (χ0n) is 12.2. The molecule has 110 valence electrons. The van der Waals surface area contributed by atoms with Crippen molar-refractivity contribution in [1.82, 2.24) is 0 Å². The molecule has 0 aliphatic heterocycles. The maximum atomic E-state index is 8.98. The molecule has 0 spiro atoms. The first-order valence-corrected chi connectivity index (χ1v) is 9.91.